The largest absolute Gasteiger partial charge is 0.417 e. The van der Waals surface area contributed by atoms with Crippen LogP contribution < -0.4 is 4.72 Å². The second-order valence-corrected chi connectivity index (χ2v) is 9.77. The Bertz CT molecular complexity index is 936. The Kier molecular flexibility index (Phi) is 10.7. The van der Waals surface area contributed by atoms with Crippen LogP contribution in [0.2, 0.25) is 5.02 Å². The van der Waals surface area contributed by atoms with Gasteiger partial charge in [-0.05, 0) is 58.5 Å². The fourth-order valence-corrected chi connectivity index (χ4v) is 4.70. The average Bonchev–Trinajstić information content (AvgIpc) is 2.71. The highest BCUT2D eigenvalue weighted by Gasteiger charge is 2.39. The Labute approximate surface area is 207 Å². The zero-order chi connectivity index (χ0) is 26.6. The van der Waals surface area contributed by atoms with E-state index < -0.39 is 34.2 Å². The Hall–Kier alpha value is -1.54. The first-order valence-electron chi connectivity index (χ1n) is 11.1. The van der Waals surface area contributed by atoms with Gasteiger partial charge in [-0.15, -0.1) is 0 Å². The molecule has 0 fully saturated rings. The van der Waals surface area contributed by atoms with Crippen molar-refractivity contribution in [1.82, 2.24) is 0 Å². The summed E-state index contributed by atoms with van der Waals surface area (Å²) in [6.07, 6.45) is -9.97. The molecule has 0 aromatic heterocycles. The molecule has 0 aliphatic heterocycles. The summed E-state index contributed by atoms with van der Waals surface area (Å²) in [7, 11) is 0. The van der Waals surface area contributed by atoms with E-state index >= 15 is 0 Å². The van der Waals surface area contributed by atoms with Crippen molar-refractivity contribution in [2.24, 2.45) is 0 Å². The number of hydrogen-bond acceptors (Lipinski definition) is 2. The first-order chi connectivity index (χ1) is 15.5. The molecule has 34 heavy (non-hydrogen) atoms. The van der Waals surface area contributed by atoms with E-state index in [2.05, 4.69) is 18.6 Å². The third-order valence-corrected chi connectivity index (χ3v) is 6.45. The third-order valence-electron chi connectivity index (χ3n) is 5.05. The fraction of sp³-hybridized carbons (Fsp3) is 0.520. The smallest absolute Gasteiger partial charge is 0.324 e. The molecule has 0 radical (unpaired) electrons. The molecule has 0 unspecified atom stereocenters. The number of halogens is 7. The minimum atomic E-state index is -5.02. The van der Waals surface area contributed by atoms with Gasteiger partial charge in [-0.2, -0.15) is 26.3 Å². The zero-order valence-electron chi connectivity index (χ0n) is 20.6. The van der Waals surface area contributed by atoms with E-state index in [-0.39, 0.29) is 23.8 Å². The van der Waals surface area contributed by atoms with Gasteiger partial charge in [-0.3, -0.25) is 0 Å². The first-order valence-corrected chi connectivity index (χ1v) is 12.3. The Balaban J connectivity index is 0.00000281. The molecule has 0 saturated carbocycles. The SMILES string of the molecule is CC.CC(C)c1cc(C(C)C)c(SNc2cc(C(F)(F)F)cc(C(F)(F)F)c2Cl)c(C(C)C)c1. The summed E-state index contributed by atoms with van der Waals surface area (Å²) < 4.78 is 82.4. The molecule has 2 aromatic rings. The lowest BCUT2D eigenvalue weighted by atomic mass is 9.89. The predicted octanol–water partition coefficient (Wildman–Crippen LogP) is 10.9. The molecule has 1 N–H and O–H groups in total. The van der Waals surface area contributed by atoms with Crippen molar-refractivity contribution in [1.29, 1.82) is 0 Å². The number of alkyl halides is 6. The number of benzene rings is 2. The van der Waals surface area contributed by atoms with Crippen molar-refractivity contribution < 1.29 is 26.3 Å². The lowest BCUT2D eigenvalue weighted by Gasteiger charge is -2.23. The van der Waals surface area contributed by atoms with Crippen molar-refractivity contribution >= 4 is 29.2 Å². The van der Waals surface area contributed by atoms with Gasteiger partial charge in [-0.1, -0.05) is 79.1 Å². The van der Waals surface area contributed by atoms with Crippen molar-refractivity contribution in [3.63, 3.8) is 0 Å². The van der Waals surface area contributed by atoms with Crippen LogP contribution in [0.25, 0.3) is 0 Å². The molecule has 2 rings (SSSR count). The first kappa shape index (κ1) is 30.5. The highest BCUT2D eigenvalue weighted by molar-refractivity contribution is 8.00. The van der Waals surface area contributed by atoms with Gasteiger partial charge in [-0.25, -0.2) is 0 Å². The molecule has 0 aliphatic carbocycles. The zero-order valence-corrected chi connectivity index (χ0v) is 22.2. The molecule has 0 atom stereocenters. The molecule has 2 aromatic carbocycles. The minimum absolute atomic E-state index is 0.0364. The van der Waals surface area contributed by atoms with E-state index in [1.807, 2.05) is 53.7 Å². The van der Waals surface area contributed by atoms with Crippen LogP contribution in [0, 0.1) is 0 Å². The summed E-state index contributed by atoms with van der Waals surface area (Å²) >= 11 is 6.88. The predicted molar refractivity (Wildman–Crippen MR) is 131 cm³/mol. The van der Waals surface area contributed by atoms with Crippen LogP contribution in [0.5, 0.6) is 0 Å². The van der Waals surface area contributed by atoms with Crippen LogP contribution in [0.1, 0.15) is 101 Å². The summed E-state index contributed by atoms with van der Waals surface area (Å²) in [4.78, 5) is 0.779. The molecule has 0 amide bonds. The number of nitrogens with one attached hydrogen (secondary N) is 1. The molecule has 0 spiro atoms. The second-order valence-electron chi connectivity index (χ2n) is 8.58. The molecule has 0 bridgehead atoms. The van der Waals surface area contributed by atoms with Gasteiger partial charge in [0.25, 0.3) is 0 Å². The van der Waals surface area contributed by atoms with E-state index in [9.17, 15) is 26.3 Å². The molecular weight excluding hydrogens is 496 g/mol. The maximum absolute atomic E-state index is 13.3. The van der Waals surface area contributed by atoms with E-state index in [4.69, 9.17) is 11.6 Å². The summed E-state index contributed by atoms with van der Waals surface area (Å²) in [5.74, 6) is 0.459. The van der Waals surface area contributed by atoms with E-state index in [0.29, 0.717) is 6.07 Å². The Morgan fingerprint density at radius 2 is 1.21 bits per heavy atom. The van der Waals surface area contributed by atoms with Gasteiger partial charge in [0.15, 0.2) is 0 Å². The van der Waals surface area contributed by atoms with Gasteiger partial charge < -0.3 is 4.72 Å². The van der Waals surface area contributed by atoms with Gasteiger partial charge in [0, 0.05) is 4.90 Å². The van der Waals surface area contributed by atoms with Gasteiger partial charge in [0.2, 0.25) is 0 Å². The summed E-state index contributed by atoms with van der Waals surface area (Å²) in [5.41, 5.74) is -0.316. The molecule has 0 aliphatic rings. The summed E-state index contributed by atoms with van der Waals surface area (Å²) in [6, 6.07) is 4.73. The molecule has 0 heterocycles. The number of anilines is 1. The second kappa shape index (κ2) is 11.9. The normalized spacial score (nSPS) is 12.3. The number of rotatable bonds is 6. The van der Waals surface area contributed by atoms with Gasteiger partial charge in [0.05, 0.1) is 21.8 Å². The average molecular weight is 528 g/mol. The molecule has 0 saturated heterocycles. The van der Waals surface area contributed by atoms with Crippen molar-refractivity contribution in [3.8, 4) is 0 Å². The molecule has 1 nitrogen and oxygen atoms in total. The lowest BCUT2D eigenvalue weighted by molar-refractivity contribution is -0.142. The van der Waals surface area contributed by atoms with E-state index in [1.54, 1.807) is 0 Å². The Morgan fingerprint density at radius 1 is 0.735 bits per heavy atom. The van der Waals surface area contributed by atoms with Gasteiger partial charge >= 0.3 is 12.4 Å². The Morgan fingerprint density at radius 3 is 1.56 bits per heavy atom. The standard InChI is InChI=1S/C23H26ClF6NS.C2H6/c1-11(2)14-7-16(12(3)4)21(17(8-14)13(5)6)32-31-19-10-15(22(25,26)27)9-18(20(19)24)23(28,29)30;1-2/h7-13,31H,1-6H3;1-2H3. The topological polar surface area (TPSA) is 12.0 Å². The highest BCUT2D eigenvalue weighted by atomic mass is 35.5. The molecular formula is C25H32ClF6NS. The summed E-state index contributed by atoms with van der Waals surface area (Å²) in [6.45, 7) is 16.1. The maximum Gasteiger partial charge on any atom is 0.417 e. The number of hydrogen-bond donors (Lipinski definition) is 1. The quantitative estimate of drug-likeness (QED) is 0.296. The lowest BCUT2D eigenvalue weighted by Crippen LogP contribution is -2.12. The van der Waals surface area contributed by atoms with E-state index in [0.717, 1.165) is 33.5 Å². The third kappa shape index (κ3) is 7.48. The van der Waals surface area contributed by atoms with Crippen LogP contribution in [0.15, 0.2) is 29.2 Å². The minimum Gasteiger partial charge on any atom is -0.324 e. The maximum atomic E-state index is 13.3. The van der Waals surface area contributed by atoms with Crippen LogP contribution in [0.4, 0.5) is 32.0 Å². The fourth-order valence-electron chi connectivity index (χ4n) is 3.18. The van der Waals surface area contributed by atoms with Crippen LogP contribution in [0.3, 0.4) is 0 Å². The molecule has 192 valence electrons. The summed E-state index contributed by atoms with van der Waals surface area (Å²) in [5, 5.41) is -0.797. The van der Waals surface area contributed by atoms with Crippen LogP contribution in [-0.4, -0.2) is 0 Å². The van der Waals surface area contributed by atoms with Crippen LogP contribution >= 0.6 is 23.5 Å². The monoisotopic (exact) mass is 527 g/mol. The molecule has 9 heteroatoms. The van der Waals surface area contributed by atoms with Crippen molar-refractivity contribution in [2.45, 2.75) is 90.4 Å². The van der Waals surface area contributed by atoms with Crippen LogP contribution in [-0.2, 0) is 12.4 Å². The highest BCUT2D eigenvalue weighted by Crippen LogP contribution is 2.45. The van der Waals surface area contributed by atoms with E-state index in [1.165, 1.54) is 0 Å². The van der Waals surface area contributed by atoms with Crippen molar-refractivity contribution in [3.05, 3.63) is 57.1 Å². The van der Waals surface area contributed by atoms with Gasteiger partial charge in [0.1, 0.15) is 0 Å². The van der Waals surface area contributed by atoms with Crippen molar-refractivity contribution in [2.75, 3.05) is 4.72 Å².